The predicted molar refractivity (Wildman–Crippen MR) is 149 cm³/mol. The monoisotopic (exact) mass is 466 g/mol. The van der Waals surface area contributed by atoms with E-state index < -0.39 is 0 Å². The van der Waals surface area contributed by atoms with Crippen LogP contribution in [-0.4, -0.2) is 9.55 Å². The molecule has 8 rings (SSSR count). The molecule has 7 aromatic rings. The molecule has 2 nitrogen and oxygen atoms in total. The topological polar surface area (TPSA) is 17.8 Å². The number of rotatable bonds is 1. The van der Waals surface area contributed by atoms with Crippen LogP contribution in [0.15, 0.2) is 97.1 Å². The third-order valence-electron chi connectivity index (χ3n) is 7.78. The molecule has 0 fully saturated rings. The van der Waals surface area contributed by atoms with E-state index >= 15 is 0 Å². The molecule has 1 aliphatic rings. The lowest BCUT2D eigenvalue weighted by Crippen LogP contribution is -2.17. The summed E-state index contributed by atoms with van der Waals surface area (Å²) in [5.41, 5.74) is 8.93. The fraction of sp³-hybridized carbons (Fsp3) is 0.0938. The van der Waals surface area contributed by atoms with Crippen LogP contribution in [0.2, 0.25) is 0 Å². The van der Waals surface area contributed by atoms with E-state index in [0.29, 0.717) is 0 Å². The quantitative estimate of drug-likeness (QED) is 0.236. The lowest BCUT2D eigenvalue weighted by atomic mass is 9.79. The smallest absolute Gasteiger partial charge is 0.195 e. The molecular weight excluding hydrogens is 444 g/mol. The van der Waals surface area contributed by atoms with E-state index in [0.717, 1.165) is 10.6 Å². The molecular formula is C32H22N2S. The van der Waals surface area contributed by atoms with Gasteiger partial charge >= 0.3 is 0 Å². The van der Waals surface area contributed by atoms with Gasteiger partial charge in [-0.05, 0) is 51.2 Å². The van der Waals surface area contributed by atoms with Crippen LogP contribution in [0.4, 0.5) is 0 Å². The highest BCUT2D eigenvalue weighted by Crippen LogP contribution is 2.55. The lowest BCUT2D eigenvalue weighted by molar-refractivity contribution is 0.670. The Bertz CT molecular complexity index is 1950. The van der Waals surface area contributed by atoms with Gasteiger partial charge in [-0.2, -0.15) is 0 Å². The average molecular weight is 467 g/mol. The van der Waals surface area contributed by atoms with E-state index in [1.165, 1.54) is 59.5 Å². The minimum absolute atomic E-state index is 0.145. The molecule has 2 heterocycles. The Morgan fingerprint density at radius 3 is 2.26 bits per heavy atom. The second kappa shape index (κ2) is 6.59. The maximum atomic E-state index is 5.11. The molecule has 3 heteroatoms. The average Bonchev–Trinajstić information content (AvgIpc) is 3.52. The number of fused-ring (bicyclic) bond motifs is 10. The molecule has 0 saturated heterocycles. The van der Waals surface area contributed by atoms with Crippen LogP contribution < -0.4 is 0 Å². The number of benzene rings is 5. The molecule has 0 atom stereocenters. The van der Waals surface area contributed by atoms with Crippen LogP contribution in [0.3, 0.4) is 0 Å². The van der Waals surface area contributed by atoms with Gasteiger partial charge < -0.3 is 0 Å². The summed E-state index contributed by atoms with van der Waals surface area (Å²) in [4.78, 5) is 5.11. The number of para-hydroxylation sites is 2. The van der Waals surface area contributed by atoms with Crippen LogP contribution in [-0.2, 0) is 5.41 Å². The first-order valence-corrected chi connectivity index (χ1v) is 12.9. The summed E-state index contributed by atoms with van der Waals surface area (Å²) in [6, 6.07) is 35.3. The standard InChI is InChI=1S/C32H22N2S/c1-32(2)28-20-10-4-3-9-19(20)15-16-22(28)23-17-18-24-21-11-5-7-13-26(21)34(30(24)29(23)32)31-33-25-12-6-8-14-27(25)35-31/h3-18H,1-2H3. The van der Waals surface area contributed by atoms with Crippen molar-refractivity contribution in [3.63, 3.8) is 0 Å². The summed E-state index contributed by atoms with van der Waals surface area (Å²) in [6.07, 6.45) is 0. The van der Waals surface area contributed by atoms with Crippen molar-refractivity contribution in [1.29, 1.82) is 0 Å². The Morgan fingerprint density at radius 2 is 1.37 bits per heavy atom. The molecule has 166 valence electrons. The van der Waals surface area contributed by atoms with Crippen molar-refractivity contribution in [3.8, 4) is 16.3 Å². The van der Waals surface area contributed by atoms with Gasteiger partial charge in [0, 0.05) is 16.2 Å². The fourth-order valence-electron chi connectivity index (χ4n) is 6.36. The van der Waals surface area contributed by atoms with Crippen molar-refractivity contribution >= 4 is 54.1 Å². The van der Waals surface area contributed by atoms with Crippen molar-refractivity contribution in [2.24, 2.45) is 0 Å². The van der Waals surface area contributed by atoms with Crippen molar-refractivity contribution in [1.82, 2.24) is 9.55 Å². The molecule has 0 radical (unpaired) electrons. The molecule has 0 bridgehead atoms. The van der Waals surface area contributed by atoms with Gasteiger partial charge in [-0.25, -0.2) is 4.98 Å². The molecule has 2 aromatic heterocycles. The largest absolute Gasteiger partial charge is 0.285 e. The fourth-order valence-corrected chi connectivity index (χ4v) is 7.35. The minimum atomic E-state index is -0.145. The zero-order valence-electron chi connectivity index (χ0n) is 19.5. The van der Waals surface area contributed by atoms with E-state index in [1.54, 1.807) is 11.3 Å². The normalized spacial score (nSPS) is 14.2. The second-order valence-electron chi connectivity index (χ2n) is 10.0. The van der Waals surface area contributed by atoms with E-state index in [-0.39, 0.29) is 5.41 Å². The van der Waals surface area contributed by atoms with Crippen LogP contribution in [0.1, 0.15) is 25.0 Å². The Hall–Kier alpha value is -3.95. The Kier molecular flexibility index (Phi) is 3.64. The number of hydrogen-bond donors (Lipinski definition) is 0. The van der Waals surface area contributed by atoms with Gasteiger partial charge in [0.15, 0.2) is 5.13 Å². The van der Waals surface area contributed by atoms with Crippen LogP contribution in [0.25, 0.3) is 59.1 Å². The van der Waals surface area contributed by atoms with E-state index in [9.17, 15) is 0 Å². The summed E-state index contributed by atoms with van der Waals surface area (Å²) in [6.45, 7) is 4.79. The van der Waals surface area contributed by atoms with E-state index in [1.807, 2.05) is 0 Å². The van der Waals surface area contributed by atoms with Crippen LogP contribution >= 0.6 is 11.3 Å². The zero-order valence-corrected chi connectivity index (χ0v) is 20.4. The molecule has 1 aliphatic carbocycles. The number of aromatic nitrogens is 2. The number of nitrogens with zero attached hydrogens (tertiary/aromatic N) is 2. The molecule has 0 amide bonds. The van der Waals surface area contributed by atoms with E-state index in [2.05, 4.69) is 115 Å². The molecule has 35 heavy (non-hydrogen) atoms. The summed E-state index contributed by atoms with van der Waals surface area (Å²) < 4.78 is 3.64. The van der Waals surface area contributed by atoms with Crippen LogP contribution in [0.5, 0.6) is 0 Å². The van der Waals surface area contributed by atoms with Crippen molar-refractivity contribution in [2.45, 2.75) is 19.3 Å². The summed E-state index contributed by atoms with van der Waals surface area (Å²) in [7, 11) is 0. The van der Waals surface area contributed by atoms with Gasteiger partial charge in [0.25, 0.3) is 0 Å². The Labute approximate surface area is 207 Å². The third-order valence-corrected chi connectivity index (χ3v) is 8.80. The molecule has 0 N–H and O–H groups in total. The molecule has 5 aromatic carbocycles. The summed E-state index contributed by atoms with van der Waals surface area (Å²) >= 11 is 1.77. The van der Waals surface area contributed by atoms with Crippen molar-refractivity contribution in [3.05, 3.63) is 108 Å². The minimum Gasteiger partial charge on any atom is -0.285 e. The van der Waals surface area contributed by atoms with Crippen LogP contribution in [0, 0.1) is 0 Å². The Morgan fingerprint density at radius 1 is 0.657 bits per heavy atom. The van der Waals surface area contributed by atoms with E-state index in [4.69, 9.17) is 4.98 Å². The van der Waals surface area contributed by atoms with Gasteiger partial charge in [0.2, 0.25) is 0 Å². The molecule has 0 aliphatic heterocycles. The Balaban J connectivity index is 1.56. The zero-order chi connectivity index (χ0) is 23.3. The van der Waals surface area contributed by atoms with Gasteiger partial charge in [0.05, 0.1) is 21.3 Å². The highest BCUT2D eigenvalue weighted by atomic mass is 32.1. The van der Waals surface area contributed by atoms with Gasteiger partial charge in [-0.3, -0.25) is 4.57 Å². The number of hydrogen-bond acceptors (Lipinski definition) is 2. The highest BCUT2D eigenvalue weighted by Gasteiger charge is 2.40. The van der Waals surface area contributed by atoms with Gasteiger partial charge in [-0.1, -0.05) is 104 Å². The first-order chi connectivity index (χ1) is 17.1. The molecule has 0 saturated carbocycles. The predicted octanol–water partition coefficient (Wildman–Crippen LogP) is 8.85. The summed E-state index contributed by atoms with van der Waals surface area (Å²) in [5.74, 6) is 0. The first-order valence-electron chi connectivity index (χ1n) is 12.1. The van der Waals surface area contributed by atoms with Gasteiger partial charge in [-0.15, -0.1) is 0 Å². The maximum absolute atomic E-state index is 5.11. The van der Waals surface area contributed by atoms with Crippen molar-refractivity contribution < 1.29 is 0 Å². The SMILES string of the molecule is CC1(C)c2c(ccc3ccccc23)-c2ccc3c4ccccc4n(-c4nc5ccccc5s4)c3c21. The van der Waals surface area contributed by atoms with Gasteiger partial charge in [0.1, 0.15) is 0 Å². The summed E-state index contributed by atoms with van der Waals surface area (Å²) in [5, 5.41) is 6.25. The molecule has 0 spiro atoms. The third kappa shape index (κ3) is 2.41. The first kappa shape index (κ1) is 19.4. The second-order valence-corrected chi connectivity index (χ2v) is 11.0. The maximum Gasteiger partial charge on any atom is 0.195 e. The van der Waals surface area contributed by atoms with Crippen molar-refractivity contribution in [2.75, 3.05) is 0 Å². The highest BCUT2D eigenvalue weighted by molar-refractivity contribution is 7.20. The lowest BCUT2D eigenvalue weighted by Gasteiger charge is -2.24. The molecule has 0 unspecified atom stereocenters. The number of thiazole rings is 1.